The molecule has 0 fully saturated rings. The lowest BCUT2D eigenvalue weighted by Crippen LogP contribution is -2.46. The van der Waals surface area contributed by atoms with Gasteiger partial charge in [-0.15, -0.1) is 0 Å². The SMILES string of the molecule is CCO[Si](CCCNC(=O)Nc1ccc2c(c1)OCCOCCOc1ccc(NC(=O)NCCC[Si](OCC)(OCC)OCC)cc1OCCO2)(OCC)OCC. The highest BCUT2D eigenvalue weighted by Gasteiger charge is 2.40. The summed E-state index contributed by atoms with van der Waals surface area (Å²) >= 11 is 0. The largest absolute Gasteiger partial charge is 0.500 e. The summed E-state index contributed by atoms with van der Waals surface area (Å²) in [6, 6.07) is 10.8. The molecule has 2 aromatic rings. The van der Waals surface area contributed by atoms with E-state index in [9.17, 15) is 9.59 Å². The maximum Gasteiger partial charge on any atom is 0.500 e. The fraction of sp³-hybridized carbons (Fsp3) is 0.632. The number of anilines is 2. The molecule has 4 amide bonds. The van der Waals surface area contributed by atoms with Gasteiger partial charge >= 0.3 is 29.7 Å². The first-order valence-electron chi connectivity index (χ1n) is 20.0. The highest BCUT2D eigenvalue weighted by Crippen LogP contribution is 2.33. The smallest absolute Gasteiger partial charge is 0.487 e. The Morgan fingerprint density at radius 2 is 0.842 bits per heavy atom. The van der Waals surface area contributed by atoms with Crippen molar-refractivity contribution in [1.82, 2.24) is 10.6 Å². The molecule has 322 valence electrons. The van der Waals surface area contributed by atoms with Crippen LogP contribution in [0.1, 0.15) is 54.4 Å². The third kappa shape index (κ3) is 17.4. The monoisotopic (exact) mass is 840 g/mol. The average molecular weight is 841 g/mol. The summed E-state index contributed by atoms with van der Waals surface area (Å²) in [6.07, 6.45) is 1.27. The van der Waals surface area contributed by atoms with Crippen molar-refractivity contribution in [3.63, 3.8) is 0 Å². The number of hydrogen-bond acceptors (Lipinski definition) is 13. The molecule has 1 heterocycles. The Morgan fingerprint density at radius 3 is 1.19 bits per heavy atom. The molecule has 1 aliphatic rings. The van der Waals surface area contributed by atoms with Crippen molar-refractivity contribution in [2.75, 3.05) is 103 Å². The molecule has 0 saturated heterocycles. The molecule has 17 nitrogen and oxygen atoms in total. The molecule has 0 aromatic heterocycles. The molecule has 0 radical (unpaired) electrons. The summed E-state index contributed by atoms with van der Waals surface area (Å²) in [5, 5.41) is 11.5. The second kappa shape index (κ2) is 27.1. The van der Waals surface area contributed by atoms with E-state index in [1.54, 1.807) is 36.4 Å². The molecule has 0 bridgehead atoms. The number of nitrogens with one attached hydrogen (secondary N) is 4. The van der Waals surface area contributed by atoms with Gasteiger partial charge in [0.2, 0.25) is 0 Å². The maximum atomic E-state index is 12.8. The molecule has 19 heteroatoms. The molecule has 3 rings (SSSR count). The second-order valence-corrected chi connectivity index (χ2v) is 17.7. The van der Waals surface area contributed by atoms with E-state index in [0.717, 1.165) is 0 Å². The number of hydrogen-bond donors (Lipinski definition) is 4. The van der Waals surface area contributed by atoms with Gasteiger partial charge in [0.05, 0.1) is 13.2 Å². The highest BCUT2D eigenvalue weighted by molar-refractivity contribution is 6.61. The van der Waals surface area contributed by atoms with E-state index in [1.165, 1.54) is 0 Å². The summed E-state index contributed by atoms with van der Waals surface area (Å²) in [5.41, 5.74) is 1.04. The third-order valence-electron chi connectivity index (χ3n) is 8.05. The van der Waals surface area contributed by atoms with Gasteiger partial charge in [-0.1, -0.05) is 0 Å². The first-order valence-corrected chi connectivity index (χ1v) is 23.9. The Morgan fingerprint density at radius 1 is 0.509 bits per heavy atom. The van der Waals surface area contributed by atoms with E-state index in [-0.39, 0.29) is 38.5 Å². The van der Waals surface area contributed by atoms with E-state index in [0.29, 0.717) is 125 Å². The first kappa shape index (κ1) is 47.7. The molecule has 0 aliphatic carbocycles. The minimum atomic E-state index is -2.79. The van der Waals surface area contributed by atoms with Crippen LogP contribution in [0, 0.1) is 0 Å². The number of rotatable bonds is 22. The molecule has 1 aliphatic heterocycles. The minimum Gasteiger partial charge on any atom is -0.487 e. The Labute approximate surface area is 339 Å². The number of urea groups is 2. The van der Waals surface area contributed by atoms with Gasteiger partial charge in [0, 0.05) is 88.3 Å². The van der Waals surface area contributed by atoms with Crippen molar-refractivity contribution in [3.8, 4) is 23.0 Å². The molecule has 0 saturated carbocycles. The summed E-state index contributed by atoms with van der Waals surface area (Å²) in [7, 11) is -5.57. The fourth-order valence-electron chi connectivity index (χ4n) is 5.83. The topological polar surface area (TPSA) is 184 Å². The Hall–Kier alpha value is -3.67. The third-order valence-corrected chi connectivity index (χ3v) is 14.4. The van der Waals surface area contributed by atoms with E-state index >= 15 is 0 Å². The maximum absolute atomic E-state index is 12.8. The van der Waals surface area contributed by atoms with Gasteiger partial charge in [-0.2, -0.15) is 0 Å². The zero-order valence-electron chi connectivity index (χ0n) is 34.5. The van der Waals surface area contributed by atoms with Crippen molar-refractivity contribution in [3.05, 3.63) is 36.4 Å². The van der Waals surface area contributed by atoms with Crippen LogP contribution in [-0.4, -0.2) is 122 Å². The van der Waals surface area contributed by atoms with E-state index in [1.807, 2.05) is 41.5 Å². The molecule has 0 atom stereocenters. The van der Waals surface area contributed by atoms with E-state index in [2.05, 4.69) is 21.3 Å². The zero-order valence-corrected chi connectivity index (χ0v) is 36.5. The van der Waals surface area contributed by atoms with Crippen LogP contribution in [-0.2, 0) is 31.3 Å². The molecular formula is C38H64N4O13Si2. The molecule has 0 unspecified atom stereocenters. The summed E-state index contributed by atoms with van der Waals surface area (Å²) in [6.45, 7) is 16.7. The minimum absolute atomic E-state index is 0.162. The average Bonchev–Trinajstić information content (AvgIpc) is 3.19. The highest BCUT2D eigenvalue weighted by atomic mass is 28.4. The number of carbonyl (C=O) groups is 2. The quantitative estimate of drug-likeness (QED) is 0.0795. The summed E-state index contributed by atoms with van der Waals surface area (Å²) in [4.78, 5) is 25.5. The number of benzene rings is 2. The first-order chi connectivity index (χ1) is 27.7. The standard InChI is InChI=1S/C38H64N4O13Si2/c1-7-50-56(51-8-2,52-9-3)27-13-19-39-37(43)41-31-16-18-34-35(29-31)48-24-22-45-21-23-46-33-17-15-32(30-36(33)49-26-25-47-34)42-38(44)40-20-14-28-57(53-10-4,54-11-5)55-12-6/h15-18,29-30H,7-14,19-28H2,1-6H3,(H2,39,41,43)(H2,40,42,44). The van der Waals surface area contributed by atoms with Crippen molar-refractivity contribution < 1.29 is 59.8 Å². The van der Waals surface area contributed by atoms with Crippen LogP contribution in [0.4, 0.5) is 21.0 Å². The predicted molar refractivity (Wildman–Crippen MR) is 220 cm³/mol. The van der Waals surface area contributed by atoms with Crippen LogP contribution < -0.4 is 40.2 Å². The predicted octanol–water partition coefficient (Wildman–Crippen LogP) is 6.05. The van der Waals surface area contributed by atoms with E-state index < -0.39 is 17.6 Å². The van der Waals surface area contributed by atoms with Crippen LogP contribution in [0.3, 0.4) is 0 Å². The summed E-state index contributed by atoms with van der Waals surface area (Å²) in [5.74, 6) is 1.82. The lowest BCUT2D eigenvalue weighted by Gasteiger charge is -2.28. The lowest BCUT2D eigenvalue weighted by atomic mass is 10.2. The van der Waals surface area contributed by atoms with E-state index in [4.69, 9.17) is 50.2 Å². The molecular weight excluding hydrogens is 777 g/mol. The van der Waals surface area contributed by atoms with Crippen LogP contribution >= 0.6 is 0 Å². The Kier molecular flexibility index (Phi) is 22.7. The van der Waals surface area contributed by atoms with Crippen LogP contribution in [0.15, 0.2) is 36.4 Å². The van der Waals surface area contributed by atoms with Gasteiger partial charge in [-0.25, -0.2) is 9.59 Å². The Bertz CT molecular complexity index is 1430. The normalized spacial score (nSPS) is 13.9. The van der Waals surface area contributed by atoms with Crippen molar-refractivity contribution in [2.24, 2.45) is 0 Å². The second-order valence-electron chi connectivity index (χ2n) is 12.3. The lowest BCUT2D eigenvalue weighted by molar-refractivity contribution is 0.0701. The van der Waals surface area contributed by atoms with Crippen LogP contribution in [0.5, 0.6) is 23.0 Å². The van der Waals surface area contributed by atoms with Crippen molar-refractivity contribution >= 4 is 41.0 Å². The summed E-state index contributed by atoms with van der Waals surface area (Å²) < 4.78 is 65.1. The molecule has 0 spiro atoms. The molecule has 2 aromatic carbocycles. The number of ether oxygens (including phenoxy) is 5. The van der Waals surface area contributed by atoms with Gasteiger partial charge < -0.3 is 71.5 Å². The van der Waals surface area contributed by atoms with Crippen LogP contribution in [0.2, 0.25) is 12.1 Å². The van der Waals surface area contributed by atoms with Gasteiger partial charge in [-0.05, 0) is 78.6 Å². The van der Waals surface area contributed by atoms with Crippen LogP contribution in [0.25, 0.3) is 0 Å². The fourth-order valence-corrected chi connectivity index (χ4v) is 11.1. The Balaban J connectivity index is 1.55. The number of carbonyl (C=O) groups excluding carboxylic acids is 2. The molecule has 4 N–H and O–H groups in total. The van der Waals surface area contributed by atoms with Gasteiger partial charge in [-0.3, -0.25) is 0 Å². The van der Waals surface area contributed by atoms with Gasteiger partial charge in [0.25, 0.3) is 0 Å². The zero-order chi connectivity index (χ0) is 41.2. The molecule has 57 heavy (non-hydrogen) atoms. The number of fused-ring (bicyclic) bond motifs is 2. The van der Waals surface area contributed by atoms with Gasteiger partial charge in [0.1, 0.15) is 26.4 Å². The van der Waals surface area contributed by atoms with Gasteiger partial charge in [0.15, 0.2) is 23.0 Å². The van der Waals surface area contributed by atoms with Crippen molar-refractivity contribution in [2.45, 2.75) is 66.5 Å². The van der Waals surface area contributed by atoms with Crippen molar-refractivity contribution in [1.29, 1.82) is 0 Å². The number of amides is 4.